The SMILES string of the molecule is Cc1ccc(Cc2cc(O)ccc2-c2ccc(C(=O)O)cc2)cc1. The number of carboxylic acid groups (broad SMARTS) is 1. The van der Waals surface area contributed by atoms with Crippen LogP contribution in [-0.2, 0) is 6.42 Å². The maximum atomic E-state index is 11.0. The van der Waals surface area contributed by atoms with Gasteiger partial charge in [-0.25, -0.2) is 4.79 Å². The molecule has 0 spiro atoms. The molecule has 3 heteroatoms. The number of aryl methyl sites for hydroxylation is 1. The van der Waals surface area contributed by atoms with Crippen LogP contribution in [0.4, 0.5) is 0 Å². The number of benzene rings is 3. The number of carboxylic acids is 1. The van der Waals surface area contributed by atoms with E-state index in [1.807, 2.05) is 13.0 Å². The average molecular weight is 318 g/mol. The lowest BCUT2D eigenvalue weighted by atomic mass is 9.94. The van der Waals surface area contributed by atoms with Gasteiger partial charge in [-0.3, -0.25) is 0 Å². The molecule has 0 unspecified atom stereocenters. The van der Waals surface area contributed by atoms with Crippen LogP contribution in [0.3, 0.4) is 0 Å². The summed E-state index contributed by atoms with van der Waals surface area (Å²) in [5.41, 5.74) is 5.56. The molecule has 3 nitrogen and oxygen atoms in total. The summed E-state index contributed by atoms with van der Waals surface area (Å²) in [5.74, 6) is -0.713. The Balaban J connectivity index is 1.98. The molecule has 0 atom stereocenters. The number of rotatable bonds is 4. The second kappa shape index (κ2) is 6.59. The van der Waals surface area contributed by atoms with Gasteiger partial charge in [0.2, 0.25) is 0 Å². The van der Waals surface area contributed by atoms with Crippen LogP contribution in [0.5, 0.6) is 5.75 Å². The van der Waals surface area contributed by atoms with Crippen molar-refractivity contribution in [3.63, 3.8) is 0 Å². The third-order valence-electron chi connectivity index (χ3n) is 4.05. The van der Waals surface area contributed by atoms with E-state index < -0.39 is 5.97 Å². The van der Waals surface area contributed by atoms with Crippen molar-refractivity contribution in [2.45, 2.75) is 13.3 Å². The highest BCUT2D eigenvalue weighted by Crippen LogP contribution is 2.29. The number of aromatic carboxylic acids is 1. The first-order chi connectivity index (χ1) is 11.5. The van der Waals surface area contributed by atoms with Gasteiger partial charge in [-0.2, -0.15) is 0 Å². The fourth-order valence-corrected chi connectivity index (χ4v) is 2.73. The fourth-order valence-electron chi connectivity index (χ4n) is 2.73. The molecule has 0 bridgehead atoms. The minimum atomic E-state index is -0.938. The topological polar surface area (TPSA) is 57.5 Å². The molecule has 0 saturated heterocycles. The van der Waals surface area contributed by atoms with Gasteiger partial charge in [0.1, 0.15) is 5.75 Å². The third-order valence-corrected chi connectivity index (χ3v) is 4.05. The summed E-state index contributed by atoms with van der Waals surface area (Å²) in [6.45, 7) is 2.05. The van der Waals surface area contributed by atoms with E-state index in [9.17, 15) is 9.90 Å². The second-order valence-corrected chi connectivity index (χ2v) is 5.89. The molecule has 0 aliphatic carbocycles. The van der Waals surface area contributed by atoms with Crippen LogP contribution in [-0.4, -0.2) is 16.2 Å². The van der Waals surface area contributed by atoms with E-state index in [0.717, 1.165) is 22.3 Å². The van der Waals surface area contributed by atoms with E-state index in [0.29, 0.717) is 6.42 Å². The summed E-state index contributed by atoms with van der Waals surface area (Å²) < 4.78 is 0. The number of carbonyl (C=O) groups is 1. The van der Waals surface area contributed by atoms with E-state index in [1.54, 1.807) is 36.4 Å². The zero-order valence-electron chi connectivity index (χ0n) is 13.4. The van der Waals surface area contributed by atoms with E-state index in [4.69, 9.17) is 5.11 Å². The lowest BCUT2D eigenvalue weighted by Gasteiger charge is -2.11. The van der Waals surface area contributed by atoms with Crippen LogP contribution in [0.15, 0.2) is 66.7 Å². The maximum Gasteiger partial charge on any atom is 0.335 e. The molecule has 3 rings (SSSR count). The molecule has 24 heavy (non-hydrogen) atoms. The number of phenols is 1. The lowest BCUT2D eigenvalue weighted by molar-refractivity contribution is 0.0697. The van der Waals surface area contributed by atoms with Gasteiger partial charge in [-0.1, -0.05) is 48.0 Å². The first kappa shape index (κ1) is 15.8. The first-order valence-electron chi connectivity index (χ1n) is 7.74. The van der Waals surface area contributed by atoms with Crippen LogP contribution >= 0.6 is 0 Å². The van der Waals surface area contributed by atoms with Gasteiger partial charge in [-0.05, 0) is 59.9 Å². The molecular formula is C21H18O3. The number of hydrogen-bond acceptors (Lipinski definition) is 2. The Morgan fingerprint density at radius 1 is 0.917 bits per heavy atom. The summed E-state index contributed by atoms with van der Waals surface area (Å²) >= 11 is 0. The molecule has 3 aromatic rings. The van der Waals surface area contributed by atoms with Crippen molar-refractivity contribution in [3.8, 4) is 16.9 Å². The third kappa shape index (κ3) is 3.46. The molecule has 3 aromatic carbocycles. The van der Waals surface area contributed by atoms with Crippen molar-refractivity contribution in [2.24, 2.45) is 0 Å². The summed E-state index contributed by atoms with van der Waals surface area (Å²) in [6.07, 6.45) is 0.699. The minimum Gasteiger partial charge on any atom is -0.508 e. The molecule has 0 heterocycles. The lowest BCUT2D eigenvalue weighted by Crippen LogP contribution is -1.96. The van der Waals surface area contributed by atoms with E-state index in [1.165, 1.54) is 5.56 Å². The predicted molar refractivity (Wildman–Crippen MR) is 94.5 cm³/mol. The van der Waals surface area contributed by atoms with Gasteiger partial charge < -0.3 is 10.2 Å². The van der Waals surface area contributed by atoms with Crippen LogP contribution in [0.2, 0.25) is 0 Å². The second-order valence-electron chi connectivity index (χ2n) is 5.89. The Morgan fingerprint density at radius 2 is 1.58 bits per heavy atom. The van der Waals surface area contributed by atoms with Gasteiger partial charge in [0.05, 0.1) is 5.56 Å². The predicted octanol–water partition coefficient (Wildman–Crippen LogP) is 4.66. The van der Waals surface area contributed by atoms with Gasteiger partial charge >= 0.3 is 5.97 Å². The molecule has 0 aromatic heterocycles. The fraction of sp³-hybridized carbons (Fsp3) is 0.0952. The Hall–Kier alpha value is -3.07. The normalized spacial score (nSPS) is 10.5. The van der Waals surface area contributed by atoms with Gasteiger partial charge in [-0.15, -0.1) is 0 Å². The van der Waals surface area contributed by atoms with Crippen molar-refractivity contribution >= 4 is 5.97 Å². The van der Waals surface area contributed by atoms with Crippen molar-refractivity contribution in [1.29, 1.82) is 0 Å². The molecule has 120 valence electrons. The zero-order chi connectivity index (χ0) is 17.1. The Morgan fingerprint density at radius 3 is 2.21 bits per heavy atom. The number of aromatic hydroxyl groups is 1. The Bertz CT molecular complexity index is 863. The van der Waals surface area contributed by atoms with Gasteiger partial charge in [0.15, 0.2) is 0 Å². The molecule has 0 aliphatic rings. The number of phenolic OH excluding ortho intramolecular Hbond substituents is 1. The van der Waals surface area contributed by atoms with Gasteiger partial charge in [0, 0.05) is 0 Å². The highest BCUT2D eigenvalue weighted by Gasteiger charge is 2.09. The standard InChI is InChI=1S/C21H18O3/c1-14-2-4-15(5-3-14)12-18-13-19(22)10-11-20(18)16-6-8-17(9-7-16)21(23)24/h2-11,13,22H,12H2,1H3,(H,23,24). The molecule has 0 saturated carbocycles. The van der Waals surface area contributed by atoms with Crippen LogP contribution in [0.1, 0.15) is 27.0 Å². The average Bonchev–Trinajstić information content (AvgIpc) is 2.57. The largest absolute Gasteiger partial charge is 0.508 e. The molecule has 0 amide bonds. The minimum absolute atomic E-state index is 0.225. The zero-order valence-corrected chi connectivity index (χ0v) is 13.4. The quantitative estimate of drug-likeness (QED) is 0.736. The van der Waals surface area contributed by atoms with Crippen LogP contribution < -0.4 is 0 Å². The summed E-state index contributed by atoms with van der Waals surface area (Å²) in [4.78, 5) is 11.0. The van der Waals surface area contributed by atoms with Crippen molar-refractivity contribution < 1.29 is 15.0 Å². The van der Waals surface area contributed by atoms with Crippen LogP contribution in [0, 0.1) is 6.92 Å². The summed E-state index contributed by atoms with van der Waals surface area (Å²) in [7, 11) is 0. The summed E-state index contributed by atoms with van der Waals surface area (Å²) in [5, 5.41) is 18.9. The monoisotopic (exact) mass is 318 g/mol. The smallest absolute Gasteiger partial charge is 0.335 e. The number of hydrogen-bond donors (Lipinski definition) is 2. The van der Waals surface area contributed by atoms with Gasteiger partial charge in [0.25, 0.3) is 0 Å². The molecule has 0 radical (unpaired) electrons. The van der Waals surface area contributed by atoms with E-state index in [-0.39, 0.29) is 11.3 Å². The Kier molecular flexibility index (Phi) is 4.34. The Labute approximate surface area is 140 Å². The van der Waals surface area contributed by atoms with E-state index in [2.05, 4.69) is 24.3 Å². The molecular weight excluding hydrogens is 300 g/mol. The molecule has 2 N–H and O–H groups in total. The van der Waals surface area contributed by atoms with E-state index >= 15 is 0 Å². The summed E-state index contributed by atoms with van der Waals surface area (Å²) in [6, 6.07) is 20.4. The van der Waals surface area contributed by atoms with Crippen LogP contribution in [0.25, 0.3) is 11.1 Å². The maximum absolute atomic E-state index is 11.0. The highest BCUT2D eigenvalue weighted by atomic mass is 16.4. The highest BCUT2D eigenvalue weighted by molar-refractivity contribution is 5.88. The molecule has 0 fully saturated rings. The van der Waals surface area contributed by atoms with Crippen molar-refractivity contribution in [2.75, 3.05) is 0 Å². The molecule has 0 aliphatic heterocycles. The first-order valence-corrected chi connectivity index (χ1v) is 7.74. The van der Waals surface area contributed by atoms with Crippen molar-refractivity contribution in [1.82, 2.24) is 0 Å². The van der Waals surface area contributed by atoms with Crippen molar-refractivity contribution in [3.05, 3.63) is 89.0 Å².